The maximum atomic E-state index is 12.8. The van der Waals surface area contributed by atoms with Gasteiger partial charge in [0.25, 0.3) is 0 Å². The number of amides is 2. The lowest BCUT2D eigenvalue weighted by Crippen LogP contribution is -2.45. The number of carbonyl (C=O) groups is 3. The second kappa shape index (κ2) is 10.7. The number of fused-ring (bicyclic) bond motifs is 3. The minimum absolute atomic E-state index is 0.0179. The number of benzene rings is 2. The van der Waals surface area contributed by atoms with Gasteiger partial charge in [-0.3, -0.25) is 9.59 Å². The van der Waals surface area contributed by atoms with Crippen LogP contribution in [-0.2, 0) is 14.3 Å². The van der Waals surface area contributed by atoms with Crippen LogP contribution >= 0.6 is 0 Å². The topological polar surface area (TPSA) is 95.9 Å². The predicted octanol–water partition coefficient (Wildman–Crippen LogP) is 4.65. The summed E-state index contributed by atoms with van der Waals surface area (Å²) in [6.45, 7) is 7.85. The maximum Gasteiger partial charge on any atom is 0.407 e. The number of hydrogen-bond donors (Lipinski definition) is 2. The van der Waals surface area contributed by atoms with Crippen molar-refractivity contribution in [1.29, 1.82) is 0 Å². The van der Waals surface area contributed by atoms with E-state index in [9.17, 15) is 19.5 Å². The van der Waals surface area contributed by atoms with Gasteiger partial charge in [-0.1, -0.05) is 76.2 Å². The number of aliphatic carboxylic acids is 1. The summed E-state index contributed by atoms with van der Waals surface area (Å²) in [5, 5.41) is 12.0. The molecule has 0 saturated carbocycles. The first-order valence-corrected chi connectivity index (χ1v) is 11.7. The Morgan fingerprint density at radius 1 is 1.03 bits per heavy atom. The first-order chi connectivity index (χ1) is 16.1. The van der Waals surface area contributed by atoms with Gasteiger partial charge in [0.1, 0.15) is 13.2 Å². The summed E-state index contributed by atoms with van der Waals surface area (Å²) in [5.41, 5.74) is 4.32. The van der Waals surface area contributed by atoms with E-state index in [2.05, 4.69) is 29.6 Å². The molecule has 0 saturated heterocycles. The van der Waals surface area contributed by atoms with Crippen LogP contribution < -0.4 is 5.32 Å². The van der Waals surface area contributed by atoms with Gasteiger partial charge in [-0.25, -0.2) is 4.79 Å². The largest absolute Gasteiger partial charge is 0.480 e. The Morgan fingerprint density at radius 2 is 1.59 bits per heavy atom. The first-order valence-electron chi connectivity index (χ1n) is 11.7. The molecule has 0 fully saturated rings. The van der Waals surface area contributed by atoms with Gasteiger partial charge in [0.2, 0.25) is 5.91 Å². The minimum atomic E-state index is -1.06. The molecule has 1 atom stereocenters. The molecule has 0 aliphatic heterocycles. The molecule has 0 spiro atoms. The SMILES string of the molecule is CC[C@@H](CC(=O)N(CC(=O)O)CC(C)(C)C)NC(=O)OCC1c2ccccc2-c2ccccc21. The van der Waals surface area contributed by atoms with Crippen LogP contribution in [0.25, 0.3) is 11.1 Å². The fourth-order valence-corrected chi connectivity index (χ4v) is 4.41. The van der Waals surface area contributed by atoms with Crippen LogP contribution in [0.15, 0.2) is 48.5 Å². The van der Waals surface area contributed by atoms with Gasteiger partial charge in [0.05, 0.1) is 0 Å². The number of carboxylic acid groups (broad SMARTS) is 1. The summed E-state index contributed by atoms with van der Waals surface area (Å²) >= 11 is 0. The van der Waals surface area contributed by atoms with Crippen LogP contribution in [0.2, 0.25) is 0 Å². The second-order valence-electron chi connectivity index (χ2n) is 9.98. The number of nitrogens with one attached hydrogen (secondary N) is 1. The summed E-state index contributed by atoms with van der Waals surface area (Å²) in [7, 11) is 0. The number of rotatable bonds is 9. The van der Waals surface area contributed by atoms with Crippen molar-refractivity contribution >= 4 is 18.0 Å². The lowest BCUT2D eigenvalue weighted by Gasteiger charge is -2.30. The third-order valence-corrected chi connectivity index (χ3v) is 5.92. The van der Waals surface area contributed by atoms with E-state index in [0.29, 0.717) is 13.0 Å². The fraction of sp³-hybridized carbons (Fsp3) is 0.444. The Bertz CT molecular complexity index is 998. The van der Waals surface area contributed by atoms with Crippen LogP contribution in [0.4, 0.5) is 4.79 Å². The number of ether oxygens (including phenoxy) is 1. The third-order valence-electron chi connectivity index (χ3n) is 5.92. The molecular weight excluding hydrogens is 432 g/mol. The van der Waals surface area contributed by atoms with E-state index >= 15 is 0 Å². The summed E-state index contributed by atoms with van der Waals surface area (Å²) in [4.78, 5) is 38.0. The van der Waals surface area contributed by atoms with Crippen LogP contribution in [-0.4, -0.2) is 53.7 Å². The summed E-state index contributed by atoms with van der Waals surface area (Å²) in [6.07, 6.45) is -0.0433. The van der Waals surface area contributed by atoms with Crippen LogP contribution in [0.3, 0.4) is 0 Å². The monoisotopic (exact) mass is 466 g/mol. The van der Waals surface area contributed by atoms with Crippen molar-refractivity contribution in [3.63, 3.8) is 0 Å². The van der Waals surface area contributed by atoms with E-state index in [1.165, 1.54) is 4.90 Å². The molecule has 0 aromatic heterocycles. The van der Waals surface area contributed by atoms with E-state index in [4.69, 9.17) is 4.74 Å². The number of carboxylic acids is 1. The molecular formula is C27H34N2O5. The number of carbonyl (C=O) groups excluding carboxylic acids is 2. The normalized spacial score (nSPS) is 13.5. The van der Waals surface area contributed by atoms with Crippen molar-refractivity contribution < 1.29 is 24.2 Å². The van der Waals surface area contributed by atoms with Crippen molar-refractivity contribution in [1.82, 2.24) is 10.2 Å². The van der Waals surface area contributed by atoms with E-state index in [1.807, 2.05) is 52.0 Å². The predicted molar refractivity (Wildman–Crippen MR) is 131 cm³/mol. The average Bonchev–Trinajstić information content (AvgIpc) is 3.09. The summed E-state index contributed by atoms with van der Waals surface area (Å²) in [6, 6.07) is 15.8. The van der Waals surface area contributed by atoms with Gasteiger partial charge in [-0.15, -0.1) is 0 Å². The molecule has 2 amide bonds. The van der Waals surface area contributed by atoms with Gasteiger partial charge in [-0.05, 0) is 34.1 Å². The third kappa shape index (κ3) is 6.37. The zero-order valence-electron chi connectivity index (χ0n) is 20.3. The van der Waals surface area contributed by atoms with Crippen LogP contribution in [0.1, 0.15) is 57.6 Å². The Kier molecular flexibility index (Phi) is 7.97. The van der Waals surface area contributed by atoms with Crippen molar-refractivity contribution in [3.8, 4) is 11.1 Å². The van der Waals surface area contributed by atoms with Crippen molar-refractivity contribution in [2.24, 2.45) is 5.41 Å². The second-order valence-corrected chi connectivity index (χ2v) is 9.98. The number of alkyl carbamates (subject to hydrolysis) is 1. The van der Waals surface area contributed by atoms with Gasteiger partial charge in [-0.2, -0.15) is 0 Å². The Hall–Kier alpha value is -3.35. The zero-order valence-corrected chi connectivity index (χ0v) is 20.3. The number of nitrogens with zero attached hydrogens (tertiary/aromatic N) is 1. The highest BCUT2D eigenvalue weighted by atomic mass is 16.5. The lowest BCUT2D eigenvalue weighted by atomic mass is 9.95. The zero-order chi connectivity index (χ0) is 24.9. The van der Waals surface area contributed by atoms with E-state index in [1.54, 1.807) is 0 Å². The molecule has 7 heteroatoms. The molecule has 182 valence electrons. The van der Waals surface area contributed by atoms with Gasteiger partial charge < -0.3 is 20.1 Å². The molecule has 0 unspecified atom stereocenters. The highest BCUT2D eigenvalue weighted by Crippen LogP contribution is 2.44. The molecule has 0 heterocycles. The summed E-state index contributed by atoms with van der Waals surface area (Å²) < 4.78 is 5.59. The van der Waals surface area contributed by atoms with Crippen molar-refractivity contribution in [2.75, 3.05) is 19.7 Å². The first kappa shape index (κ1) is 25.3. The van der Waals surface area contributed by atoms with Crippen LogP contribution in [0, 0.1) is 5.41 Å². The Balaban J connectivity index is 1.60. The molecule has 1 aliphatic rings. The van der Waals surface area contributed by atoms with Crippen molar-refractivity contribution in [3.05, 3.63) is 59.7 Å². The average molecular weight is 467 g/mol. The Morgan fingerprint density at radius 3 is 2.09 bits per heavy atom. The van der Waals surface area contributed by atoms with Gasteiger partial charge in [0.15, 0.2) is 0 Å². The standard InChI is InChI=1S/C27H34N2O5/c1-5-18(14-24(30)29(15-25(31)32)17-27(2,3)4)28-26(33)34-16-23-21-12-8-6-10-19(21)20-11-7-9-13-22(20)23/h6-13,18,23H,5,14-17H2,1-4H3,(H,28,33)(H,31,32)/t18-/m0/s1. The molecule has 1 aliphatic carbocycles. The smallest absolute Gasteiger partial charge is 0.407 e. The molecule has 3 rings (SSSR count). The number of hydrogen-bond acceptors (Lipinski definition) is 4. The molecule has 34 heavy (non-hydrogen) atoms. The molecule has 0 radical (unpaired) electrons. The lowest BCUT2D eigenvalue weighted by molar-refractivity contribution is -0.145. The van der Waals surface area contributed by atoms with E-state index in [-0.39, 0.29) is 36.8 Å². The minimum Gasteiger partial charge on any atom is -0.480 e. The molecule has 0 bridgehead atoms. The van der Waals surface area contributed by atoms with E-state index < -0.39 is 18.1 Å². The maximum absolute atomic E-state index is 12.8. The van der Waals surface area contributed by atoms with Crippen LogP contribution in [0.5, 0.6) is 0 Å². The van der Waals surface area contributed by atoms with E-state index in [0.717, 1.165) is 22.3 Å². The fourth-order valence-electron chi connectivity index (χ4n) is 4.41. The molecule has 7 nitrogen and oxygen atoms in total. The van der Waals surface area contributed by atoms with Gasteiger partial charge >= 0.3 is 12.1 Å². The highest BCUT2D eigenvalue weighted by molar-refractivity contribution is 5.82. The quantitative estimate of drug-likeness (QED) is 0.561. The van der Waals surface area contributed by atoms with Crippen molar-refractivity contribution in [2.45, 2.75) is 52.5 Å². The molecule has 2 aromatic carbocycles. The molecule has 2 aromatic rings. The highest BCUT2D eigenvalue weighted by Gasteiger charge is 2.30. The molecule has 2 N–H and O–H groups in total. The Labute approximate surface area is 201 Å². The summed E-state index contributed by atoms with van der Waals surface area (Å²) in [5.74, 6) is -1.41. The van der Waals surface area contributed by atoms with Gasteiger partial charge in [0, 0.05) is 24.9 Å².